The average Bonchev–Trinajstić information content (AvgIpc) is 3.33. The zero-order valence-corrected chi connectivity index (χ0v) is 18.9. The number of hydrogen-bond acceptors (Lipinski definition) is 5. The third kappa shape index (κ3) is 5.11. The number of hydrogen-bond donors (Lipinski definition) is 2. The number of nitrogens with zero attached hydrogens (tertiary/aromatic N) is 5. The first-order valence-corrected chi connectivity index (χ1v) is 10.00. The minimum atomic E-state index is -0.188. The van der Waals surface area contributed by atoms with E-state index in [1.807, 2.05) is 22.9 Å². The van der Waals surface area contributed by atoms with Crippen LogP contribution in [0.5, 0.6) is 0 Å². The van der Waals surface area contributed by atoms with Gasteiger partial charge in [0, 0.05) is 19.0 Å². The summed E-state index contributed by atoms with van der Waals surface area (Å²) >= 11 is 0. The first kappa shape index (κ1) is 24.1. The summed E-state index contributed by atoms with van der Waals surface area (Å²) in [6, 6.07) is 8.76. The third-order valence-corrected chi connectivity index (χ3v) is 5.25. The van der Waals surface area contributed by atoms with Crippen LogP contribution in [0, 0.1) is 0 Å². The van der Waals surface area contributed by atoms with E-state index in [2.05, 4.69) is 45.4 Å². The molecule has 0 aliphatic carbocycles. The van der Waals surface area contributed by atoms with Gasteiger partial charge in [0.1, 0.15) is 5.82 Å². The molecule has 8 nitrogen and oxygen atoms in total. The van der Waals surface area contributed by atoms with Crippen LogP contribution in [0.2, 0.25) is 0 Å². The Kier molecular flexibility index (Phi) is 8.64. The van der Waals surface area contributed by atoms with Gasteiger partial charge in [-0.3, -0.25) is 4.79 Å². The molecule has 1 aliphatic rings. The van der Waals surface area contributed by atoms with E-state index >= 15 is 0 Å². The van der Waals surface area contributed by atoms with Crippen LogP contribution in [0.4, 0.5) is 0 Å². The fourth-order valence-corrected chi connectivity index (χ4v) is 3.86. The number of para-hydroxylation sites is 2. The van der Waals surface area contributed by atoms with Gasteiger partial charge < -0.3 is 15.2 Å². The second kappa shape index (κ2) is 10.7. The zero-order chi connectivity index (χ0) is 19.5. The highest BCUT2D eigenvalue weighted by Gasteiger charge is 2.19. The first-order chi connectivity index (χ1) is 13.6. The Hall–Kier alpha value is -2.16. The second-order valence-corrected chi connectivity index (χ2v) is 7.55. The lowest BCUT2D eigenvalue weighted by Crippen LogP contribution is -2.29. The molecule has 3 aromatic rings. The zero-order valence-electron chi connectivity index (χ0n) is 17.2. The van der Waals surface area contributed by atoms with Gasteiger partial charge in [-0.15, -0.1) is 29.9 Å². The number of fused-ring (bicyclic) bond motifs is 1. The molecule has 0 atom stereocenters. The molecular weight excluding hydrogens is 425 g/mol. The van der Waals surface area contributed by atoms with Gasteiger partial charge >= 0.3 is 0 Å². The first-order valence-electron chi connectivity index (χ1n) is 10.00. The molecule has 30 heavy (non-hydrogen) atoms. The van der Waals surface area contributed by atoms with Gasteiger partial charge in [0.15, 0.2) is 5.69 Å². The monoisotopic (exact) mass is 453 g/mol. The lowest BCUT2D eigenvalue weighted by molar-refractivity contribution is 0.0949. The summed E-state index contributed by atoms with van der Waals surface area (Å²) in [6.07, 6.45) is 4.45. The summed E-state index contributed by atoms with van der Waals surface area (Å²) in [6.45, 7) is 6.76. The highest BCUT2D eigenvalue weighted by molar-refractivity contribution is 5.91. The highest BCUT2D eigenvalue weighted by Crippen LogP contribution is 2.21. The van der Waals surface area contributed by atoms with Gasteiger partial charge in [-0.1, -0.05) is 17.3 Å². The van der Waals surface area contributed by atoms with E-state index in [9.17, 15) is 4.79 Å². The number of aromatic nitrogens is 5. The van der Waals surface area contributed by atoms with Gasteiger partial charge in [0.2, 0.25) is 0 Å². The van der Waals surface area contributed by atoms with Crippen LogP contribution in [0.25, 0.3) is 11.0 Å². The standard InChI is InChI=1S/C20H27N7O.2ClH/c1-14(2)27-18-6-4-3-5-16(18)23-19(27)9-12-22-20(28)17-13-26(25-24-17)15-7-10-21-11-8-15;;/h3-6,13-15,21H,7-12H2,1-2H3,(H,22,28);2*1H. The maximum atomic E-state index is 12.5. The van der Waals surface area contributed by atoms with Crippen molar-refractivity contribution in [3.63, 3.8) is 0 Å². The summed E-state index contributed by atoms with van der Waals surface area (Å²) < 4.78 is 4.06. The molecule has 0 bridgehead atoms. The van der Waals surface area contributed by atoms with Crippen molar-refractivity contribution in [3.8, 4) is 0 Å². The molecular formula is C20H29Cl2N7O. The van der Waals surface area contributed by atoms with Crippen LogP contribution in [0.15, 0.2) is 30.5 Å². The fourth-order valence-electron chi connectivity index (χ4n) is 3.86. The number of amides is 1. The number of carbonyl (C=O) groups excluding carboxylic acids is 1. The van der Waals surface area contributed by atoms with Crippen molar-refractivity contribution in [2.24, 2.45) is 0 Å². The van der Waals surface area contributed by atoms with E-state index < -0.39 is 0 Å². The minimum absolute atomic E-state index is 0. The largest absolute Gasteiger partial charge is 0.350 e. The van der Waals surface area contributed by atoms with Crippen molar-refractivity contribution in [1.82, 2.24) is 35.2 Å². The van der Waals surface area contributed by atoms with Crippen molar-refractivity contribution < 1.29 is 4.79 Å². The van der Waals surface area contributed by atoms with Crippen molar-refractivity contribution in [1.29, 1.82) is 0 Å². The van der Waals surface area contributed by atoms with E-state index in [1.54, 1.807) is 6.20 Å². The highest BCUT2D eigenvalue weighted by atomic mass is 35.5. The molecule has 10 heteroatoms. The van der Waals surface area contributed by atoms with E-state index in [4.69, 9.17) is 4.98 Å². The molecule has 1 aliphatic heterocycles. The predicted octanol–water partition coefficient (Wildman–Crippen LogP) is 2.95. The summed E-state index contributed by atoms with van der Waals surface area (Å²) in [5.41, 5.74) is 2.49. The quantitative estimate of drug-likeness (QED) is 0.598. The molecule has 0 unspecified atom stereocenters. The number of imidazole rings is 1. The van der Waals surface area contributed by atoms with Crippen molar-refractivity contribution in [2.45, 2.75) is 45.2 Å². The van der Waals surface area contributed by atoms with Crippen LogP contribution in [0.3, 0.4) is 0 Å². The van der Waals surface area contributed by atoms with Crippen LogP contribution < -0.4 is 10.6 Å². The van der Waals surface area contributed by atoms with Crippen molar-refractivity contribution in [2.75, 3.05) is 19.6 Å². The fraction of sp³-hybridized carbons (Fsp3) is 0.500. The molecule has 1 saturated heterocycles. The predicted molar refractivity (Wildman–Crippen MR) is 122 cm³/mol. The summed E-state index contributed by atoms with van der Waals surface area (Å²) in [4.78, 5) is 17.2. The Balaban J connectivity index is 0.00000160. The number of benzene rings is 1. The van der Waals surface area contributed by atoms with Gasteiger partial charge in [0.05, 0.1) is 23.3 Å². The lowest BCUT2D eigenvalue weighted by Gasteiger charge is -2.22. The normalized spacial score (nSPS) is 14.4. The van der Waals surface area contributed by atoms with Gasteiger partial charge in [-0.05, 0) is 51.9 Å². The van der Waals surface area contributed by atoms with Crippen LogP contribution >= 0.6 is 24.8 Å². The molecule has 164 valence electrons. The van der Waals surface area contributed by atoms with Gasteiger partial charge in [-0.25, -0.2) is 9.67 Å². The molecule has 0 saturated carbocycles. The van der Waals surface area contributed by atoms with E-state index in [0.717, 1.165) is 42.8 Å². The third-order valence-electron chi connectivity index (χ3n) is 5.25. The Morgan fingerprint density at radius 3 is 2.70 bits per heavy atom. The minimum Gasteiger partial charge on any atom is -0.350 e. The molecule has 0 spiro atoms. The van der Waals surface area contributed by atoms with E-state index in [-0.39, 0.29) is 30.7 Å². The maximum Gasteiger partial charge on any atom is 0.273 e. The Morgan fingerprint density at radius 2 is 1.97 bits per heavy atom. The van der Waals surface area contributed by atoms with Crippen LogP contribution in [-0.2, 0) is 6.42 Å². The van der Waals surface area contributed by atoms with E-state index in [1.165, 1.54) is 0 Å². The number of halogens is 2. The summed E-state index contributed by atoms with van der Waals surface area (Å²) in [7, 11) is 0. The molecule has 1 amide bonds. The molecule has 2 N–H and O–H groups in total. The summed E-state index contributed by atoms with van der Waals surface area (Å²) in [5.74, 6) is 0.794. The average molecular weight is 454 g/mol. The van der Waals surface area contributed by atoms with Crippen molar-refractivity contribution >= 4 is 41.8 Å². The van der Waals surface area contributed by atoms with Gasteiger partial charge in [0.25, 0.3) is 5.91 Å². The number of rotatable bonds is 6. The Morgan fingerprint density at radius 1 is 1.23 bits per heavy atom. The number of nitrogens with one attached hydrogen (secondary N) is 2. The van der Waals surface area contributed by atoms with Crippen LogP contribution in [-0.4, -0.2) is 50.1 Å². The molecule has 4 rings (SSSR count). The van der Waals surface area contributed by atoms with Crippen LogP contribution in [0.1, 0.15) is 55.1 Å². The van der Waals surface area contributed by atoms with E-state index in [0.29, 0.717) is 30.7 Å². The molecule has 1 fully saturated rings. The topological polar surface area (TPSA) is 89.7 Å². The Bertz CT molecular complexity index is 963. The Labute approximate surface area is 188 Å². The van der Waals surface area contributed by atoms with Gasteiger partial charge in [-0.2, -0.15) is 0 Å². The summed E-state index contributed by atoms with van der Waals surface area (Å²) in [5, 5.41) is 14.5. The maximum absolute atomic E-state index is 12.5. The number of carbonyl (C=O) groups is 1. The molecule has 3 heterocycles. The number of piperidine rings is 1. The molecule has 0 radical (unpaired) electrons. The van der Waals surface area contributed by atoms with Crippen molar-refractivity contribution in [3.05, 3.63) is 42.0 Å². The smallest absolute Gasteiger partial charge is 0.273 e. The molecule has 2 aromatic heterocycles. The SMILES string of the molecule is CC(C)n1c(CCNC(=O)c2cn(C3CCNCC3)nn2)nc2ccccc21.Cl.Cl. The lowest BCUT2D eigenvalue weighted by atomic mass is 10.1. The second-order valence-electron chi connectivity index (χ2n) is 7.55. The molecule has 1 aromatic carbocycles.